The zero-order valence-electron chi connectivity index (χ0n) is 10.1. The molecule has 0 saturated heterocycles. The van der Waals surface area contributed by atoms with Crippen LogP contribution in [0, 0.1) is 5.82 Å². The van der Waals surface area contributed by atoms with Crippen LogP contribution in [0.1, 0.15) is 20.7 Å². The summed E-state index contributed by atoms with van der Waals surface area (Å²) in [6.45, 7) is 0. The smallest absolute Gasteiger partial charge is 0.337 e. The van der Waals surface area contributed by atoms with Crippen molar-refractivity contribution in [2.45, 2.75) is 0 Å². The van der Waals surface area contributed by atoms with Crippen molar-refractivity contribution in [1.29, 1.82) is 0 Å². The number of anilines is 1. The number of carboxylic acid groups (broad SMARTS) is 1. The monoisotopic (exact) mass is 337 g/mol. The van der Waals surface area contributed by atoms with E-state index in [4.69, 9.17) is 5.11 Å². The number of amides is 1. The number of carbonyl (C=O) groups excluding carboxylic acids is 1. The first-order valence-electron chi connectivity index (χ1n) is 5.58. The first-order chi connectivity index (χ1) is 9.50. The molecule has 2 aromatic carbocycles. The van der Waals surface area contributed by atoms with Crippen LogP contribution in [-0.4, -0.2) is 17.0 Å². The number of para-hydroxylation sites is 1. The van der Waals surface area contributed by atoms with E-state index in [0.29, 0.717) is 4.47 Å². The number of carbonyl (C=O) groups is 2. The van der Waals surface area contributed by atoms with Crippen LogP contribution < -0.4 is 5.32 Å². The van der Waals surface area contributed by atoms with Gasteiger partial charge in [0.15, 0.2) is 0 Å². The molecule has 0 aliphatic rings. The van der Waals surface area contributed by atoms with E-state index in [1.54, 1.807) is 6.07 Å². The molecule has 0 bridgehead atoms. The maximum atomic E-state index is 13.7. The molecule has 0 atom stereocenters. The van der Waals surface area contributed by atoms with Crippen LogP contribution in [0.15, 0.2) is 46.9 Å². The van der Waals surface area contributed by atoms with Gasteiger partial charge in [-0.3, -0.25) is 4.79 Å². The normalized spacial score (nSPS) is 10.1. The standard InChI is InChI=1S/C14H9BrFNO3/c15-9-5-3-6-10(16)12(9)13(18)17-11-7-2-1-4-8(11)14(19)20/h1-7H,(H,17,18)(H,19,20). The summed E-state index contributed by atoms with van der Waals surface area (Å²) in [4.78, 5) is 23.1. The zero-order chi connectivity index (χ0) is 14.7. The maximum Gasteiger partial charge on any atom is 0.337 e. The van der Waals surface area contributed by atoms with Gasteiger partial charge in [0.2, 0.25) is 0 Å². The molecule has 20 heavy (non-hydrogen) atoms. The molecule has 6 heteroatoms. The first kappa shape index (κ1) is 14.2. The SMILES string of the molecule is O=C(O)c1ccccc1NC(=O)c1c(F)cccc1Br. The number of aromatic carboxylic acids is 1. The van der Waals surface area contributed by atoms with Gasteiger partial charge in [-0.25, -0.2) is 9.18 Å². The highest BCUT2D eigenvalue weighted by atomic mass is 79.9. The van der Waals surface area contributed by atoms with E-state index in [2.05, 4.69) is 21.2 Å². The average molecular weight is 338 g/mol. The zero-order valence-corrected chi connectivity index (χ0v) is 11.6. The van der Waals surface area contributed by atoms with E-state index in [1.807, 2.05) is 0 Å². The fourth-order valence-corrected chi connectivity index (χ4v) is 2.20. The van der Waals surface area contributed by atoms with E-state index in [1.165, 1.54) is 30.3 Å². The fraction of sp³-hybridized carbons (Fsp3) is 0. The van der Waals surface area contributed by atoms with E-state index >= 15 is 0 Å². The summed E-state index contributed by atoms with van der Waals surface area (Å²) < 4.78 is 13.9. The van der Waals surface area contributed by atoms with Crippen molar-refractivity contribution in [3.05, 3.63) is 63.9 Å². The quantitative estimate of drug-likeness (QED) is 0.900. The minimum atomic E-state index is -1.17. The van der Waals surface area contributed by atoms with Gasteiger partial charge in [-0.1, -0.05) is 18.2 Å². The highest BCUT2D eigenvalue weighted by molar-refractivity contribution is 9.10. The Bertz CT molecular complexity index is 668. The summed E-state index contributed by atoms with van der Waals surface area (Å²) in [5.41, 5.74) is -0.124. The van der Waals surface area contributed by atoms with Crippen LogP contribution in [0.2, 0.25) is 0 Å². The number of rotatable bonds is 3. The van der Waals surface area contributed by atoms with Gasteiger partial charge in [-0.2, -0.15) is 0 Å². The third-order valence-electron chi connectivity index (χ3n) is 2.60. The second kappa shape index (κ2) is 5.83. The summed E-state index contributed by atoms with van der Waals surface area (Å²) in [6, 6.07) is 10.1. The van der Waals surface area contributed by atoms with Crippen LogP contribution in [-0.2, 0) is 0 Å². The first-order valence-corrected chi connectivity index (χ1v) is 6.37. The topological polar surface area (TPSA) is 66.4 Å². The Labute approximate surface area is 122 Å². The lowest BCUT2D eigenvalue weighted by Crippen LogP contribution is -2.16. The number of benzene rings is 2. The Kier molecular flexibility index (Phi) is 4.14. The summed E-state index contributed by atoms with van der Waals surface area (Å²) >= 11 is 3.09. The van der Waals surface area contributed by atoms with Gasteiger partial charge < -0.3 is 10.4 Å². The van der Waals surface area contributed by atoms with Crippen LogP contribution in [0.25, 0.3) is 0 Å². The third kappa shape index (κ3) is 2.85. The summed E-state index contributed by atoms with van der Waals surface area (Å²) in [5, 5.41) is 11.4. The van der Waals surface area contributed by atoms with Gasteiger partial charge in [0.25, 0.3) is 5.91 Å². The van der Waals surface area contributed by atoms with E-state index in [9.17, 15) is 14.0 Å². The molecule has 0 heterocycles. The maximum absolute atomic E-state index is 13.7. The largest absolute Gasteiger partial charge is 0.478 e. The van der Waals surface area contributed by atoms with Gasteiger partial charge in [-0.15, -0.1) is 0 Å². The van der Waals surface area contributed by atoms with Gasteiger partial charge in [0.05, 0.1) is 16.8 Å². The predicted molar refractivity (Wildman–Crippen MR) is 75.5 cm³/mol. The Hall–Kier alpha value is -2.21. The predicted octanol–water partition coefficient (Wildman–Crippen LogP) is 3.54. The Morgan fingerprint density at radius 3 is 2.45 bits per heavy atom. The van der Waals surface area contributed by atoms with Gasteiger partial charge in [0.1, 0.15) is 5.82 Å². The van der Waals surface area contributed by atoms with Crippen molar-refractivity contribution in [2.75, 3.05) is 5.32 Å². The second-order valence-electron chi connectivity index (χ2n) is 3.90. The van der Waals surface area contributed by atoms with Crippen LogP contribution in [0.5, 0.6) is 0 Å². The molecule has 0 fully saturated rings. The number of nitrogens with one attached hydrogen (secondary N) is 1. The highest BCUT2D eigenvalue weighted by Gasteiger charge is 2.18. The highest BCUT2D eigenvalue weighted by Crippen LogP contribution is 2.22. The van der Waals surface area contributed by atoms with E-state index in [-0.39, 0.29) is 16.8 Å². The lowest BCUT2D eigenvalue weighted by Gasteiger charge is -2.10. The number of hydrogen-bond donors (Lipinski definition) is 2. The van der Waals surface area contributed by atoms with Crippen molar-refractivity contribution in [2.24, 2.45) is 0 Å². The molecule has 0 unspecified atom stereocenters. The van der Waals surface area contributed by atoms with Gasteiger partial charge in [0, 0.05) is 4.47 Å². The molecule has 0 saturated carbocycles. The summed E-state index contributed by atoms with van der Waals surface area (Å²) in [5.74, 6) is -2.58. The van der Waals surface area contributed by atoms with E-state index in [0.717, 1.165) is 6.07 Å². The molecule has 0 aromatic heterocycles. The number of carboxylic acids is 1. The van der Waals surface area contributed by atoms with Crippen molar-refractivity contribution in [3.63, 3.8) is 0 Å². The molecular weight excluding hydrogens is 329 g/mol. The van der Waals surface area contributed by atoms with Crippen LogP contribution in [0.4, 0.5) is 10.1 Å². The van der Waals surface area contributed by atoms with Crippen molar-refractivity contribution in [1.82, 2.24) is 0 Å². The molecule has 0 radical (unpaired) electrons. The number of hydrogen-bond acceptors (Lipinski definition) is 2. The average Bonchev–Trinajstić information content (AvgIpc) is 2.38. The van der Waals surface area contributed by atoms with E-state index < -0.39 is 17.7 Å². The molecule has 102 valence electrons. The molecule has 4 nitrogen and oxygen atoms in total. The van der Waals surface area contributed by atoms with Crippen molar-refractivity contribution >= 4 is 33.5 Å². The Balaban J connectivity index is 2.36. The number of halogens is 2. The Morgan fingerprint density at radius 2 is 1.80 bits per heavy atom. The van der Waals surface area contributed by atoms with Gasteiger partial charge >= 0.3 is 5.97 Å². The molecule has 2 aromatic rings. The lowest BCUT2D eigenvalue weighted by molar-refractivity contribution is 0.0698. The molecule has 0 aliphatic heterocycles. The van der Waals surface area contributed by atoms with Gasteiger partial charge in [-0.05, 0) is 40.2 Å². The lowest BCUT2D eigenvalue weighted by atomic mass is 10.1. The molecule has 0 spiro atoms. The second-order valence-corrected chi connectivity index (χ2v) is 4.76. The van der Waals surface area contributed by atoms with Crippen molar-refractivity contribution in [3.8, 4) is 0 Å². The summed E-state index contributed by atoms with van der Waals surface area (Å²) in [6.07, 6.45) is 0. The summed E-state index contributed by atoms with van der Waals surface area (Å²) in [7, 11) is 0. The molecule has 0 aliphatic carbocycles. The Morgan fingerprint density at radius 1 is 1.10 bits per heavy atom. The minimum Gasteiger partial charge on any atom is -0.478 e. The molecule has 2 N–H and O–H groups in total. The third-order valence-corrected chi connectivity index (χ3v) is 3.26. The van der Waals surface area contributed by atoms with Crippen LogP contribution >= 0.6 is 15.9 Å². The van der Waals surface area contributed by atoms with Crippen molar-refractivity contribution < 1.29 is 19.1 Å². The minimum absolute atomic E-state index is 0.0617. The van der Waals surface area contributed by atoms with Crippen LogP contribution in [0.3, 0.4) is 0 Å². The molecular formula is C14H9BrFNO3. The molecule has 1 amide bonds. The fourth-order valence-electron chi connectivity index (χ4n) is 1.68. The molecule has 2 rings (SSSR count).